The molecule has 2 aliphatic heterocycles. The first-order valence-corrected chi connectivity index (χ1v) is 17.1. The molecule has 0 fully saturated rings. The molecule has 0 radical (unpaired) electrons. The third kappa shape index (κ3) is 6.45. The van der Waals surface area contributed by atoms with Crippen LogP contribution in [0.25, 0.3) is 0 Å². The molecule has 2 heterocycles. The van der Waals surface area contributed by atoms with Crippen molar-refractivity contribution in [2.45, 2.75) is 71.6 Å². The highest BCUT2D eigenvalue weighted by Gasteiger charge is 2.46. The van der Waals surface area contributed by atoms with Gasteiger partial charge in [0.15, 0.2) is 12.3 Å². The van der Waals surface area contributed by atoms with E-state index in [1.165, 1.54) is 56.2 Å². The smallest absolute Gasteiger partial charge is 0.213 e. The number of nitrogens with zero attached hydrogens (tertiary/aromatic N) is 2. The van der Waals surface area contributed by atoms with Crippen molar-refractivity contribution < 1.29 is 23.5 Å². The quantitative estimate of drug-likeness (QED) is 0.226. The van der Waals surface area contributed by atoms with E-state index in [0.717, 1.165) is 48.9 Å². The number of hydrogen-bond donors (Lipinski definition) is 0. The van der Waals surface area contributed by atoms with E-state index in [-0.39, 0.29) is 10.8 Å². The zero-order chi connectivity index (χ0) is 34.1. The summed E-state index contributed by atoms with van der Waals surface area (Å²) >= 11 is 7.23. The first-order valence-electron chi connectivity index (χ1n) is 16.7. The van der Waals surface area contributed by atoms with Crippen molar-refractivity contribution in [1.29, 1.82) is 0 Å². The molecule has 0 atom stereocenters. The molecule has 3 aliphatic rings. The highest BCUT2D eigenvalue weighted by Crippen LogP contribution is 2.51. The number of aryl methyl sites for hydroxylation is 2. The normalized spacial score (nSPS) is 20.2. The van der Waals surface area contributed by atoms with Gasteiger partial charge in [0.2, 0.25) is 5.69 Å². The van der Waals surface area contributed by atoms with E-state index in [0.29, 0.717) is 13.2 Å². The summed E-state index contributed by atoms with van der Waals surface area (Å²) in [6.45, 7) is 16.3. The van der Waals surface area contributed by atoms with Gasteiger partial charge < -0.3 is 23.8 Å². The highest BCUT2D eigenvalue weighted by molar-refractivity contribution is 6.32. The maximum Gasteiger partial charge on any atom is 0.213 e. The van der Waals surface area contributed by atoms with E-state index in [1.54, 1.807) is 28.4 Å². The van der Waals surface area contributed by atoms with Crippen LogP contribution in [0.2, 0.25) is 0 Å². The van der Waals surface area contributed by atoms with Gasteiger partial charge in [0.05, 0.1) is 26.2 Å². The number of benzene rings is 2. The van der Waals surface area contributed by atoms with Crippen LogP contribution in [0.3, 0.4) is 0 Å². The standard InChI is InChI=1S/C40H52ClN2O4/c1-26-22-30(46-9)24-32-37(26)42(18-20-44-7)34(39(32,3)4)16-14-28-12-11-13-29(36(28)41)15-17-35-40(5,6)33-25-31(47-10)23-27(2)38(33)43(35)19-21-45-8/h14-17,22-25H,11-13,18-21H2,1-10H3/q+1. The topological polar surface area (TPSA) is 43.2 Å². The Balaban J connectivity index is 1.53. The van der Waals surface area contributed by atoms with Crippen LogP contribution in [-0.4, -0.2) is 65.0 Å². The van der Waals surface area contributed by atoms with E-state index in [1.807, 2.05) is 0 Å². The number of fused-ring (bicyclic) bond motifs is 2. The maximum atomic E-state index is 7.23. The molecule has 2 aromatic rings. The van der Waals surface area contributed by atoms with Crippen LogP contribution in [-0.2, 0) is 20.3 Å². The van der Waals surface area contributed by atoms with E-state index < -0.39 is 0 Å². The van der Waals surface area contributed by atoms with Crippen LogP contribution in [0.15, 0.2) is 70.4 Å². The molecule has 0 bridgehead atoms. The van der Waals surface area contributed by atoms with Crippen LogP contribution in [0.1, 0.15) is 69.2 Å². The van der Waals surface area contributed by atoms with Crippen molar-refractivity contribution in [3.63, 3.8) is 0 Å². The Hall–Kier alpha value is -3.32. The van der Waals surface area contributed by atoms with Crippen LogP contribution < -0.4 is 14.4 Å². The Bertz CT molecular complexity index is 1690. The lowest BCUT2D eigenvalue weighted by Gasteiger charge is -2.27. The zero-order valence-corrected chi connectivity index (χ0v) is 30.7. The van der Waals surface area contributed by atoms with Crippen molar-refractivity contribution in [1.82, 2.24) is 0 Å². The lowest BCUT2D eigenvalue weighted by molar-refractivity contribution is -0.442. The summed E-state index contributed by atoms with van der Waals surface area (Å²) in [5.41, 5.74) is 11.8. The molecule has 0 spiro atoms. The minimum Gasteiger partial charge on any atom is -0.497 e. The molecule has 47 heavy (non-hydrogen) atoms. The number of methoxy groups -OCH3 is 4. The monoisotopic (exact) mass is 659 g/mol. The van der Waals surface area contributed by atoms with Crippen LogP contribution in [0.4, 0.5) is 11.4 Å². The first-order chi connectivity index (χ1) is 22.4. The van der Waals surface area contributed by atoms with Crippen LogP contribution in [0.5, 0.6) is 11.5 Å². The summed E-state index contributed by atoms with van der Waals surface area (Å²) in [5, 5.41) is 0.856. The van der Waals surface area contributed by atoms with Crippen molar-refractivity contribution in [2.75, 3.05) is 59.6 Å². The number of halogens is 1. The molecule has 0 saturated heterocycles. The van der Waals surface area contributed by atoms with Crippen molar-refractivity contribution in [3.05, 3.63) is 92.7 Å². The van der Waals surface area contributed by atoms with Gasteiger partial charge in [-0.05, 0) is 99.6 Å². The first kappa shape index (κ1) is 35.0. The van der Waals surface area contributed by atoms with Crippen LogP contribution >= 0.6 is 11.6 Å². The van der Waals surface area contributed by atoms with Crippen molar-refractivity contribution >= 4 is 28.7 Å². The Morgan fingerprint density at radius 2 is 1.47 bits per heavy atom. The molecule has 7 heteroatoms. The second-order valence-electron chi connectivity index (χ2n) is 13.9. The molecule has 0 saturated carbocycles. The lowest BCUT2D eigenvalue weighted by Crippen LogP contribution is -2.29. The Morgan fingerprint density at radius 3 is 2.13 bits per heavy atom. The average molecular weight is 660 g/mol. The molecule has 0 amide bonds. The largest absolute Gasteiger partial charge is 0.497 e. The van der Waals surface area contributed by atoms with Gasteiger partial charge in [-0.15, -0.1) is 0 Å². The minimum atomic E-state index is -0.209. The number of anilines is 1. The van der Waals surface area contributed by atoms with Gasteiger partial charge in [0.1, 0.15) is 18.1 Å². The minimum absolute atomic E-state index is 0.209. The SMILES string of the molecule is COCCN1/C(=C\C=C2/CCCC(/C=C/C3=[N+](CCOC)c4c(C)cc(OC)cc4C3(C)C)=C2Cl)C(C)(C)c2cc(OC)cc(C)c21. The molecule has 0 aromatic heterocycles. The van der Waals surface area contributed by atoms with Gasteiger partial charge in [0.25, 0.3) is 0 Å². The predicted molar refractivity (Wildman–Crippen MR) is 194 cm³/mol. The third-order valence-corrected chi connectivity index (χ3v) is 10.6. The fourth-order valence-corrected chi connectivity index (χ4v) is 7.90. The number of rotatable bonds is 11. The molecule has 2 aromatic carbocycles. The summed E-state index contributed by atoms with van der Waals surface area (Å²) in [6, 6.07) is 8.60. The predicted octanol–water partition coefficient (Wildman–Crippen LogP) is 8.83. The van der Waals surface area contributed by atoms with E-state index in [9.17, 15) is 0 Å². The maximum absolute atomic E-state index is 7.23. The van der Waals surface area contributed by atoms with Crippen molar-refractivity contribution in [3.8, 4) is 11.5 Å². The summed E-state index contributed by atoms with van der Waals surface area (Å²) in [5.74, 6) is 1.77. The zero-order valence-electron chi connectivity index (χ0n) is 30.0. The van der Waals surface area contributed by atoms with E-state index in [4.69, 9.17) is 30.5 Å². The van der Waals surface area contributed by atoms with Gasteiger partial charge in [-0.3, -0.25) is 0 Å². The fraction of sp³-hybridized carbons (Fsp3) is 0.475. The summed E-state index contributed by atoms with van der Waals surface area (Å²) in [4.78, 5) is 2.41. The number of hydrogen-bond acceptors (Lipinski definition) is 5. The molecular weight excluding hydrogens is 608 g/mol. The van der Waals surface area contributed by atoms with Gasteiger partial charge in [0, 0.05) is 59.8 Å². The lowest BCUT2D eigenvalue weighted by atomic mass is 9.80. The Labute approximate surface area is 287 Å². The molecule has 0 unspecified atom stereocenters. The Morgan fingerprint density at radius 1 is 0.809 bits per heavy atom. The van der Waals surface area contributed by atoms with Gasteiger partial charge in [-0.25, -0.2) is 0 Å². The highest BCUT2D eigenvalue weighted by atomic mass is 35.5. The summed E-state index contributed by atoms with van der Waals surface area (Å²) in [7, 11) is 6.98. The number of ether oxygens (including phenoxy) is 4. The fourth-order valence-electron chi connectivity index (χ4n) is 7.58. The molecule has 5 rings (SSSR count). The second-order valence-corrected chi connectivity index (χ2v) is 14.3. The summed E-state index contributed by atoms with van der Waals surface area (Å²) in [6.07, 6.45) is 12.0. The Kier molecular flexibility index (Phi) is 10.5. The molecule has 1 aliphatic carbocycles. The van der Waals surface area contributed by atoms with E-state index in [2.05, 4.69) is 99.6 Å². The van der Waals surface area contributed by atoms with Gasteiger partial charge in [-0.1, -0.05) is 37.6 Å². The molecule has 6 nitrogen and oxygen atoms in total. The van der Waals surface area contributed by atoms with Gasteiger partial charge in [-0.2, -0.15) is 4.58 Å². The average Bonchev–Trinajstić information content (AvgIpc) is 3.39. The van der Waals surface area contributed by atoms with Gasteiger partial charge >= 0.3 is 0 Å². The molecular formula is C40H52ClN2O4+. The number of allylic oxidation sites excluding steroid dienone is 8. The molecule has 0 N–H and O–H groups in total. The second kappa shape index (κ2) is 14.0. The van der Waals surface area contributed by atoms with E-state index >= 15 is 0 Å². The summed E-state index contributed by atoms with van der Waals surface area (Å²) < 4.78 is 24.8. The third-order valence-electron chi connectivity index (χ3n) is 10.1. The van der Waals surface area contributed by atoms with Crippen LogP contribution in [0, 0.1) is 13.8 Å². The van der Waals surface area contributed by atoms with Crippen molar-refractivity contribution in [2.24, 2.45) is 0 Å². The molecule has 252 valence electrons.